The molecule has 2 rings (SSSR count). The molecule has 1 heterocycles. The first kappa shape index (κ1) is 12.1. The zero-order valence-corrected chi connectivity index (χ0v) is 10.8. The van der Waals surface area contributed by atoms with Gasteiger partial charge < -0.3 is 9.84 Å². The quantitative estimate of drug-likeness (QED) is 0.897. The highest BCUT2D eigenvalue weighted by molar-refractivity contribution is 7.12. The fourth-order valence-corrected chi connectivity index (χ4v) is 2.37. The summed E-state index contributed by atoms with van der Waals surface area (Å²) in [6.07, 6.45) is -0.546. The number of benzene rings is 1. The normalized spacial score (nSPS) is 12.4. The molecular formula is C14H16O2S. The Morgan fingerprint density at radius 3 is 2.41 bits per heavy atom. The third-order valence-corrected chi connectivity index (χ3v) is 3.62. The van der Waals surface area contributed by atoms with Gasteiger partial charge in [0.15, 0.2) is 0 Å². The second kappa shape index (κ2) is 5.34. The molecule has 0 radical (unpaired) electrons. The molecule has 0 saturated carbocycles. The minimum Gasteiger partial charge on any atom is -0.490 e. The zero-order valence-electron chi connectivity index (χ0n) is 10.0. The standard InChI is InChI=1S/C14H16O2S/c1-10-3-6-12(7-4-10)16-9-13(15)14-8-5-11(2)17-14/h3-8,13,15H,9H2,1-2H3. The molecule has 3 heteroatoms. The number of aliphatic hydroxyl groups excluding tert-OH is 1. The van der Waals surface area contributed by atoms with Gasteiger partial charge in [0.05, 0.1) is 0 Å². The number of rotatable bonds is 4. The molecule has 1 atom stereocenters. The van der Waals surface area contributed by atoms with Gasteiger partial charge in [-0.2, -0.15) is 0 Å². The number of aryl methyl sites for hydroxylation is 2. The van der Waals surface area contributed by atoms with Crippen LogP contribution in [0.1, 0.15) is 21.4 Å². The molecule has 0 bridgehead atoms. The molecule has 1 aromatic carbocycles. The van der Waals surface area contributed by atoms with Gasteiger partial charge in [-0.1, -0.05) is 17.7 Å². The maximum atomic E-state index is 9.94. The van der Waals surface area contributed by atoms with Crippen LogP contribution in [0.3, 0.4) is 0 Å². The highest BCUT2D eigenvalue weighted by Gasteiger charge is 2.10. The number of thiophene rings is 1. The van der Waals surface area contributed by atoms with Crippen LogP contribution in [0.4, 0.5) is 0 Å². The Balaban J connectivity index is 1.92. The van der Waals surface area contributed by atoms with Gasteiger partial charge in [-0.3, -0.25) is 0 Å². The molecule has 0 saturated heterocycles. The third-order valence-electron chi connectivity index (χ3n) is 2.52. The van der Waals surface area contributed by atoms with Gasteiger partial charge in [-0.15, -0.1) is 11.3 Å². The fourth-order valence-electron chi connectivity index (χ4n) is 1.52. The first-order valence-electron chi connectivity index (χ1n) is 5.59. The summed E-state index contributed by atoms with van der Waals surface area (Å²) in [7, 11) is 0. The second-order valence-electron chi connectivity index (χ2n) is 4.09. The lowest BCUT2D eigenvalue weighted by Gasteiger charge is -2.10. The lowest BCUT2D eigenvalue weighted by molar-refractivity contribution is 0.111. The van der Waals surface area contributed by atoms with E-state index in [1.165, 1.54) is 10.4 Å². The van der Waals surface area contributed by atoms with Crippen molar-refractivity contribution in [3.8, 4) is 5.75 Å². The molecule has 0 aliphatic carbocycles. The number of aliphatic hydroxyl groups is 1. The number of ether oxygens (including phenoxy) is 1. The van der Waals surface area contributed by atoms with Crippen LogP contribution in [0.15, 0.2) is 36.4 Å². The second-order valence-corrected chi connectivity index (χ2v) is 5.41. The van der Waals surface area contributed by atoms with E-state index in [2.05, 4.69) is 0 Å². The number of hydrogen-bond acceptors (Lipinski definition) is 3. The predicted molar refractivity (Wildman–Crippen MR) is 70.7 cm³/mol. The summed E-state index contributed by atoms with van der Waals surface area (Å²) in [4.78, 5) is 2.16. The number of hydrogen-bond donors (Lipinski definition) is 1. The van der Waals surface area contributed by atoms with Gasteiger partial charge in [0.2, 0.25) is 0 Å². The van der Waals surface area contributed by atoms with Crippen molar-refractivity contribution >= 4 is 11.3 Å². The van der Waals surface area contributed by atoms with E-state index in [-0.39, 0.29) is 0 Å². The van der Waals surface area contributed by atoms with Crippen molar-refractivity contribution in [1.29, 1.82) is 0 Å². The zero-order chi connectivity index (χ0) is 12.3. The summed E-state index contributed by atoms with van der Waals surface area (Å²) in [6.45, 7) is 4.36. The summed E-state index contributed by atoms with van der Waals surface area (Å²) in [5.74, 6) is 0.794. The van der Waals surface area contributed by atoms with Gasteiger partial charge in [0.1, 0.15) is 18.5 Å². The molecule has 1 N–H and O–H groups in total. The van der Waals surface area contributed by atoms with Crippen molar-refractivity contribution in [2.45, 2.75) is 20.0 Å². The monoisotopic (exact) mass is 248 g/mol. The van der Waals surface area contributed by atoms with Crippen molar-refractivity contribution in [1.82, 2.24) is 0 Å². The van der Waals surface area contributed by atoms with E-state index in [1.807, 2.05) is 50.2 Å². The van der Waals surface area contributed by atoms with Gasteiger partial charge >= 0.3 is 0 Å². The minimum absolute atomic E-state index is 0.295. The molecule has 0 aliphatic heterocycles. The highest BCUT2D eigenvalue weighted by atomic mass is 32.1. The van der Waals surface area contributed by atoms with Crippen LogP contribution in [0.5, 0.6) is 5.75 Å². The predicted octanol–water partition coefficient (Wildman–Crippen LogP) is 3.48. The van der Waals surface area contributed by atoms with Crippen molar-refractivity contribution < 1.29 is 9.84 Å². The van der Waals surface area contributed by atoms with Crippen molar-refractivity contribution in [2.75, 3.05) is 6.61 Å². The van der Waals surface area contributed by atoms with Gasteiger partial charge in [-0.05, 0) is 38.1 Å². The third kappa shape index (κ3) is 3.32. The topological polar surface area (TPSA) is 29.5 Å². The van der Waals surface area contributed by atoms with E-state index in [0.717, 1.165) is 10.6 Å². The van der Waals surface area contributed by atoms with E-state index in [1.54, 1.807) is 11.3 Å². The smallest absolute Gasteiger partial charge is 0.122 e. The summed E-state index contributed by atoms with van der Waals surface area (Å²) in [6, 6.07) is 11.8. The lowest BCUT2D eigenvalue weighted by Crippen LogP contribution is -2.08. The van der Waals surface area contributed by atoms with Crippen LogP contribution in [-0.2, 0) is 0 Å². The maximum Gasteiger partial charge on any atom is 0.122 e. The van der Waals surface area contributed by atoms with E-state index >= 15 is 0 Å². The van der Waals surface area contributed by atoms with Crippen LogP contribution in [0, 0.1) is 13.8 Å². The molecular weight excluding hydrogens is 232 g/mol. The Kier molecular flexibility index (Phi) is 3.82. The van der Waals surface area contributed by atoms with Crippen LogP contribution in [0.2, 0.25) is 0 Å². The molecule has 2 aromatic rings. The van der Waals surface area contributed by atoms with Crippen LogP contribution in [0.25, 0.3) is 0 Å². The molecule has 0 fully saturated rings. The molecule has 2 nitrogen and oxygen atoms in total. The first-order chi connectivity index (χ1) is 8.15. The van der Waals surface area contributed by atoms with Crippen LogP contribution >= 0.6 is 11.3 Å². The summed E-state index contributed by atoms with van der Waals surface area (Å²) in [5.41, 5.74) is 1.20. The van der Waals surface area contributed by atoms with E-state index in [4.69, 9.17) is 4.74 Å². The Bertz CT molecular complexity index is 473. The molecule has 0 spiro atoms. The molecule has 1 aromatic heterocycles. The van der Waals surface area contributed by atoms with Crippen molar-refractivity contribution in [3.63, 3.8) is 0 Å². The Hall–Kier alpha value is -1.32. The Morgan fingerprint density at radius 2 is 1.82 bits per heavy atom. The SMILES string of the molecule is Cc1ccc(OCC(O)c2ccc(C)s2)cc1. The van der Waals surface area contributed by atoms with Gasteiger partial charge in [-0.25, -0.2) is 0 Å². The molecule has 90 valence electrons. The summed E-state index contributed by atoms with van der Waals surface area (Å²) < 4.78 is 5.54. The summed E-state index contributed by atoms with van der Waals surface area (Å²) >= 11 is 1.60. The first-order valence-corrected chi connectivity index (χ1v) is 6.40. The highest BCUT2D eigenvalue weighted by Crippen LogP contribution is 2.23. The van der Waals surface area contributed by atoms with E-state index in [9.17, 15) is 5.11 Å². The molecule has 0 aliphatic rings. The molecule has 0 amide bonds. The lowest BCUT2D eigenvalue weighted by atomic mass is 10.2. The molecule has 17 heavy (non-hydrogen) atoms. The Morgan fingerprint density at radius 1 is 1.12 bits per heavy atom. The average Bonchev–Trinajstić information content (AvgIpc) is 2.75. The fraction of sp³-hybridized carbons (Fsp3) is 0.286. The van der Waals surface area contributed by atoms with E-state index in [0.29, 0.717) is 6.61 Å². The maximum absolute atomic E-state index is 9.94. The average molecular weight is 248 g/mol. The van der Waals surface area contributed by atoms with Crippen LogP contribution < -0.4 is 4.74 Å². The summed E-state index contributed by atoms with van der Waals surface area (Å²) in [5, 5.41) is 9.94. The van der Waals surface area contributed by atoms with Gasteiger partial charge in [0, 0.05) is 9.75 Å². The Labute approximate surface area is 105 Å². The molecule has 1 unspecified atom stereocenters. The minimum atomic E-state index is -0.546. The van der Waals surface area contributed by atoms with Gasteiger partial charge in [0.25, 0.3) is 0 Å². The van der Waals surface area contributed by atoms with Crippen LogP contribution in [-0.4, -0.2) is 11.7 Å². The van der Waals surface area contributed by atoms with E-state index < -0.39 is 6.10 Å². The largest absolute Gasteiger partial charge is 0.490 e. The van der Waals surface area contributed by atoms with Crippen molar-refractivity contribution in [2.24, 2.45) is 0 Å². The van der Waals surface area contributed by atoms with Crippen molar-refractivity contribution in [3.05, 3.63) is 51.7 Å².